The van der Waals surface area contributed by atoms with E-state index in [2.05, 4.69) is 15.2 Å². The normalized spacial score (nSPS) is 15.5. The summed E-state index contributed by atoms with van der Waals surface area (Å²) in [5, 5.41) is 12.8. The molecule has 120 valence electrons. The van der Waals surface area contributed by atoms with Gasteiger partial charge in [0.05, 0.1) is 17.5 Å². The van der Waals surface area contributed by atoms with Crippen LogP contribution >= 0.6 is 11.6 Å². The fourth-order valence-corrected chi connectivity index (χ4v) is 2.85. The molecule has 0 bridgehead atoms. The summed E-state index contributed by atoms with van der Waals surface area (Å²) in [6.45, 7) is 1.53. The lowest BCUT2D eigenvalue weighted by Crippen LogP contribution is -2.36. The number of halogens is 1. The average molecular weight is 332 g/mol. The van der Waals surface area contributed by atoms with Gasteiger partial charge in [0.25, 0.3) is 5.91 Å². The van der Waals surface area contributed by atoms with Gasteiger partial charge in [0.15, 0.2) is 0 Å². The van der Waals surface area contributed by atoms with Crippen molar-refractivity contribution < 1.29 is 9.90 Å². The third-order valence-corrected chi connectivity index (χ3v) is 4.12. The first-order valence-electron chi connectivity index (χ1n) is 7.59. The van der Waals surface area contributed by atoms with Crippen LogP contribution < -0.4 is 10.2 Å². The second-order valence-electron chi connectivity index (χ2n) is 5.54. The summed E-state index contributed by atoms with van der Waals surface area (Å²) in [7, 11) is 0. The molecule has 0 spiro atoms. The summed E-state index contributed by atoms with van der Waals surface area (Å²) in [6, 6.07) is 12.6. The number of amides is 1. The quantitative estimate of drug-likeness (QED) is 0.849. The summed E-state index contributed by atoms with van der Waals surface area (Å²) in [5.74, 6) is -0.294. The molecule has 1 aliphatic rings. The van der Waals surface area contributed by atoms with Crippen LogP contribution in [0.3, 0.4) is 0 Å². The number of aromatic nitrogens is 1. The minimum absolute atomic E-state index is 0.233. The number of carbonyl (C=O) groups is 1. The highest BCUT2D eigenvalue weighted by atomic mass is 35.5. The van der Waals surface area contributed by atoms with Crippen molar-refractivity contribution in [2.45, 2.75) is 18.9 Å². The number of anilines is 2. The van der Waals surface area contributed by atoms with Crippen LogP contribution in [0.4, 0.5) is 11.4 Å². The Labute approximate surface area is 139 Å². The molecule has 1 amide bonds. The first kappa shape index (κ1) is 15.8. The lowest BCUT2D eigenvalue weighted by atomic mass is 10.1. The smallest absolute Gasteiger partial charge is 0.274 e. The number of aliphatic hydroxyl groups excluding tert-OH is 1. The van der Waals surface area contributed by atoms with Gasteiger partial charge in [0.2, 0.25) is 0 Å². The topological polar surface area (TPSA) is 65.5 Å². The van der Waals surface area contributed by atoms with E-state index in [4.69, 9.17) is 11.6 Å². The summed E-state index contributed by atoms with van der Waals surface area (Å²) in [6.07, 6.45) is 1.24. The molecule has 5 nitrogen and oxygen atoms in total. The van der Waals surface area contributed by atoms with E-state index in [0.717, 1.165) is 37.3 Å². The van der Waals surface area contributed by atoms with E-state index in [-0.39, 0.29) is 22.9 Å². The van der Waals surface area contributed by atoms with E-state index >= 15 is 0 Å². The molecule has 0 radical (unpaired) electrons. The predicted molar refractivity (Wildman–Crippen MR) is 91.1 cm³/mol. The van der Waals surface area contributed by atoms with Gasteiger partial charge in [-0.2, -0.15) is 0 Å². The number of rotatable bonds is 3. The Morgan fingerprint density at radius 1 is 1.17 bits per heavy atom. The number of hydrogen-bond donors (Lipinski definition) is 2. The number of nitrogens with zero attached hydrogens (tertiary/aromatic N) is 2. The molecule has 23 heavy (non-hydrogen) atoms. The van der Waals surface area contributed by atoms with Gasteiger partial charge in [0.1, 0.15) is 10.8 Å². The number of carbonyl (C=O) groups excluding carboxylic acids is 1. The van der Waals surface area contributed by atoms with Gasteiger partial charge in [-0.15, -0.1) is 0 Å². The monoisotopic (exact) mass is 331 g/mol. The SMILES string of the molecule is O=C(Nc1ccccc1N1CCC(O)CC1)c1cccc(Cl)n1. The zero-order valence-corrected chi connectivity index (χ0v) is 13.3. The van der Waals surface area contributed by atoms with Crippen molar-refractivity contribution in [1.82, 2.24) is 4.98 Å². The van der Waals surface area contributed by atoms with Gasteiger partial charge in [-0.1, -0.05) is 29.8 Å². The maximum absolute atomic E-state index is 12.4. The lowest BCUT2D eigenvalue weighted by Gasteiger charge is -2.32. The van der Waals surface area contributed by atoms with Crippen LogP contribution in [0.5, 0.6) is 0 Å². The van der Waals surface area contributed by atoms with Crippen molar-refractivity contribution in [3.63, 3.8) is 0 Å². The van der Waals surface area contributed by atoms with E-state index in [1.165, 1.54) is 0 Å². The van der Waals surface area contributed by atoms with Crippen LogP contribution in [0.2, 0.25) is 5.15 Å². The van der Waals surface area contributed by atoms with E-state index in [0.29, 0.717) is 0 Å². The molecule has 0 unspecified atom stereocenters. The van der Waals surface area contributed by atoms with Crippen LogP contribution in [0.15, 0.2) is 42.5 Å². The van der Waals surface area contributed by atoms with Crippen molar-refractivity contribution >= 4 is 28.9 Å². The Hall–Kier alpha value is -2.11. The highest BCUT2D eigenvalue weighted by Gasteiger charge is 2.20. The molecule has 0 atom stereocenters. The summed E-state index contributed by atoms with van der Waals surface area (Å²) in [5.41, 5.74) is 1.96. The Balaban J connectivity index is 1.79. The first-order chi connectivity index (χ1) is 11.1. The maximum Gasteiger partial charge on any atom is 0.274 e. The van der Waals surface area contributed by atoms with Gasteiger partial charge in [-0.05, 0) is 37.1 Å². The molecule has 0 saturated carbocycles. The minimum Gasteiger partial charge on any atom is -0.393 e. The number of pyridine rings is 1. The second kappa shape index (κ2) is 6.98. The first-order valence-corrected chi connectivity index (χ1v) is 7.97. The molecule has 2 aromatic rings. The lowest BCUT2D eigenvalue weighted by molar-refractivity contribution is 0.102. The Morgan fingerprint density at radius 3 is 2.65 bits per heavy atom. The van der Waals surface area contributed by atoms with E-state index < -0.39 is 0 Å². The van der Waals surface area contributed by atoms with Crippen molar-refractivity contribution in [3.8, 4) is 0 Å². The summed E-state index contributed by atoms with van der Waals surface area (Å²) < 4.78 is 0. The number of para-hydroxylation sites is 2. The molecule has 2 N–H and O–H groups in total. The van der Waals surface area contributed by atoms with Crippen LogP contribution in [0.25, 0.3) is 0 Å². The third kappa shape index (κ3) is 3.81. The van der Waals surface area contributed by atoms with Crippen LogP contribution in [-0.4, -0.2) is 35.2 Å². The predicted octanol–water partition coefficient (Wildman–Crippen LogP) is 2.95. The largest absolute Gasteiger partial charge is 0.393 e. The van der Waals surface area contributed by atoms with Gasteiger partial charge < -0.3 is 15.3 Å². The zero-order valence-electron chi connectivity index (χ0n) is 12.6. The summed E-state index contributed by atoms with van der Waals surface area (Å²) >= 11 is 5.84. The number of nitrogens with one attached hydrogen (secondary N) is 1. The Bertz CT molecular complexity index is 700. The molecule has 1 aliphatic heterocycles. The van der Waals surface area contributed by atoms with Crippen LogP contribution in [0.1, 0.15) is 23.3 Å². The molecule has 2 heterocycles. The van der Waals surface area contributed by atoms with Crippen molar-refractivity contribution in [2.24, 2.45) is 0 Å². The molecule has 1 aromatic carbocycles. The molecule has 1 fully saturated rings. The fourth-order valence-electron chi connectivity index (χ4n) is 2.68. The van der Waals surface area contributed by atoms with Gasteiger partial charge in [-0.3, -0.25) is 4.79 Å². The molecule has 0 aliphatic carbocycles. The Kier molecular flexibility index (Phi) is 4.79. The zero-order chi connectivity index (χ0) is 16.2. The Morgan fingerprint density at radius 2 is 1.91 bits per heavy atom. The van der Waals surface area contributed by atoms with Crippen molar-refractivity contribution in [3.05, 3.63) is 53.3 Å². The highest BCUT2D eigenvalue weighted by molar-refractivity contribution is 6.29. The van der Waals surface area contributed by atoms with Gasteiger partial charge in [0, 0.05) is 13.1 Å². The molecule has 1 aromatic heterocycles. The molecule has 1 saturated heterocycles. The van der Waals surface area contributed by atoms with Crippen LogP contribution in [-0.2, 0) is 0 Å². The summed E-state index contributed by atoms with van der Waals surface area (Å²) in [4.78, 5) is 18.6. The standard InChI is InChI=1S/C17H18ClN3O2/c18-16-7-3-5-14(19-16)17(23)20-13-4-1-2-6-15(13)21-10-8-12(22)9-11-21/h1-7,12,22H,8-11H2,(H,20,23). The van der Waals surface area contributed by atoms with Gasteiger partial charge in [-0.25, -0.2) is 4.98 Å². The van der Waals surface area contributed by atoms with Crippen molar-refractivity contribution in [2.75, 3.05) is 23.3 Å². The van der Waals surface area contributed by atoms with E-state index in [1.807, 2.05) is 24.3 Å². The van der Waals surface area contributed by atoms with Crippen LogP contribution in [0, 0.1) is 0 Å². The third-order valence-electron chi connectivity index (χ3n) is 3.91. The maximum atomic E-state index is 12.4. The number of hydrogen-bond acceptors (Lipinski definition) is 4. The average Bonchev–Trinajstić information content (AvgIpc) is 2.56. The number of aliphatic hydroxyl groups is 1. The fraction of sp³-hybridized carbons (Fsp3) is 0.294. The number of piperidine rings is 1. The van der Waals surface area contributed by atoms with E-state index in [9.17, 15) is 9.90 Å². The number of benzene rings is 1. The molecular formula is C17H18ClN3O2. The molecule has 3 rings (SSSR count). The second-order valence-corrected chi connectivity index (χ2v) is 5.92. The van der Waals surface area contributed by atoms with Gasteiger partial charge >= 0.3 is 0 Å². The van der Waals surface area contributed by atoms with Crippen molar-refractivity contribution in [1.29, 1.82) is 0 Å². The minimum atomic E-state index is -0.294. The molecule has 6 heteroatoms. The molecular weight excluding hydrogens is 314 g/mol. The van der Waals surface area contributed by atoms with E-state index in [1.54, 1.807) is 18.2 Å². The highest BCUT2D eigenvalue weighted by Crippen LogP contribution is 2.28.